The Hall–Kier alpha value is -3.80. The minimum Gasteiger partial charge on any atom is -0.481 e. The first-order valence-electron chi connectivity index (χ1n) is 11.1. The fraction of sp³-hybridized carbons (Fsp3) is 0.259. The minimum absolute atomic E-state index is 0.389. The number of hydrogen-bond donors (Lipinski definition) is 2. The number of carbonyl (C=O) groups is 2. The summed E-state index contributed by atoms with van der Waals surface area (Å²) < 4.78 is 7.90. The number of aryl methyl sites for hydroxylation is 3. The number of carboxylic acid groups (broad SMARTS) is 1. The van der Waals surface area contributed by atoms with Crippen LogP contribution in [0.25, 0.3) is 21.8 Å². The molecule has 0 radical (unpaired) electrons. The second-order valence-electron chi connectivity index (χ2n) is 8.49. The molecule has 0 saturated carbocycles. The molecule has 0 aliphatic carbocycles. The van der Waals surface area contributed by atoms with Gasteiger partial charge in [-0.25, -0.2) is 4.79 Å². The van der Waals surface area contributed by atoms with Gasteiger partial charge in [-0.05, 0) is 66.8 Å². The fourth-order valence-corrected chi connectivity index (χ4v) is 4.42. The molecule has 1 amide bonds. The highest BCUT2D eigenvalue weighted by atomic mass is 16.5. The molecule has 3 aromatic carbocycles. The molecule has 0 unspecified atom stereocenters. The van der Waals surface area contributed by atoms with Crippen LogP contribution in [0.3, 0.4) is 0 Å². The highest BCUT2D eigenvalue weighted by Gasteiger charge is 2.21. The molecule has 3 N–H and O–H groups in total. The van der Waals surface area contributed by atoms with Crippen LogP contribution in [0.4, 0.5) is 0 Å². The lowest BCUT2D eigenvalue weighted by atomic mass is 10.0. The van der Waals surface area contributed by atoms with Gasteiger partial charge in [0, 0.05) is 17.5 Å². The first-order valence-corrected chi connectivity index (χ1v) is 11.1. The number of nitrogens with zero attached hydrogens (tertiary/aromatic N) is 1. The third-order valence-electron chi connectivity index (χ3n) is 6.08. The molecule has 1 heterocycles. The number of nitrogens with two attached hydrogens (primary N) is 1. The summed E-state index contributed by atoms with van der Waals surface area (Å²) in [5.74, 6) is -1.14. The fourth-order valence-electron chi connectivity index (χ4n) is 4.42. The number of aromatic nitrogens is 1. The maximum atomic E-state index is 12.3. The van der Waals surface area contributed by atoms with E-state index in [0.717, 1.165) is 35.0 Å². The van der Waals surface area contributed by atoms with E-state index in [4.69, 9.17) is 10.5 Å². The van der Waals surface area contributed by atoms with Crippen LogP contribution in [-0.4, -0.2) is 28.2 Å². The number of rotatable bonds is 8. The van der Waals surface area contributed by atoms with E-state index in [-0.39, 0.29) is 0 Å². The first-order chi connectivity index (χ1) is 15.8. The molecular weight excluding hydrogens is 416 g/mol. The summed E-state index contributed by atoms with van der Waals surface area (Å²) in [6, 6.07) is 15.9. The average molecular weight is 445 g/mol. The predicted molar refractivity (Wildman–Crippen MR) is 130 cm³/mol. The second-order valence-corrected chi connectivity index (χ2v) is 8.49. The van der Waals surface area contributed by atoms with Crippen LogP contribution in [0.2, 0.25) is 0 Å². The summed E-state index contributed by atoms with van der Waals surface area (Å²) in [4.78, 5) is 23.6. The molecule has 0 aliphatic heterocycles. The zero-order chi connectivity index (χ0) is 23.7. The maximum absolute atomic E-state index is 12.3. The van der Waals surface area contributed by atoms with Crippen molar-refractivity contribution in [3.8, 4) is 5.75 Å². The van der Waals surface area contributed by atoms with Gasteiger partial charge in [0.2, 0.25) is 5.91 Å². The zero-order valence-electron chi connectivity index (χ0n) is 19.1. The van der Waals surface area contributed by atoms with Gasteiger partial charge in [-0.3, -0.25) is 4.79 Å². The van der Waals surface area contributed by atoms with Gasteiger partial charge >= 0.3 is 5.97 Å². The smallest absolute Gasteiger partial charge is 0.341 e. The van der Waals surface area contributed by atoms with Crippen LogP contribution in [0.15, 0.2) is 48.5 Å². The molecule has 0 atom stereocenters. The second kappa shape index (κ2) is 8.98. The number of amides is 1. The molecule has 0 fully saturated rings. The minimum atomic E-state index is -1.06. The van der Waals surface area contributed by atoms with E-state index < -0.39 is 18.5 Å². The number of aliphatic carboxylic acids is 1. The summed E-state index contributed by atoms with van der Waals surface area (Å²) >= 11 is 0. The molecule has 4 aromatic rings. The van der Waals surface area contributed by atoms with Crippen LogP contribution in [0.1, 0.15) is 46.0 Å². The molecule has 33 heavy (non-hydrogen) atoms. The Balaban J connectivity index is 2.05. The first kappa shape index (κ1) is 22.4. The Kier molecular flexibility index (Phi) is 6.09. The van der Waals surface area contributed by atoms with Gasteiger partial charge in [-0.15, -0.1) is 0 Å². The molecular formula is C27H28N2O4. The third kappa shape index (κ3) is 4.29. The number of hydrogen-bond acceptors (Lipinski definition) is 3. The molecule has 170 valence electrons. The number of benzene rings is 3. The highest BCUT2D eigenvalue weighted by Crippen LogP contribution is 2.39. The summed E-state index contributed by atoms with van der Waals surface area (Å²) in [6.45, 7) is 6.40. The van der Waals surface area contributed by atoms with Crippen LogP contribution < -0.4 is 10.5 Å². The Morgan fingerprint density at radius 1 is 0.970 bits per heavy atom. The van der Waals surface area contributed by atoms with E-state index in [1.807, 2.05) is 18.2 Å². The van der Waals surface area contributed by atoms with Crippen molar-refractivity contribution in [1.82, 2.24) is 4.57 Å². The maximum Gasteiger partial charge on any atom is 0.341 e. The van der Waals surface area contributed by atoms with Crippen LogP contribution in [0.5, 0.6) is 5.75 Å². The van der Waals surface area contributed by atoms with Gasteiger partial charge < -0.3 is 20.1 Å². The Morgan fingerprint density at radius 3 is 2.42 bits per heavy atom. The molecule has 6 heteroatoms. The summed E-state index contributed by atoms with van der Waals surface area (Å²) in [7, 11) is 0. The van der Waals surface area contributed by atoms with Crippen LogP contribution in [0, 0.1) is 13.8 Å². The molecule has 6 nitrogen and oxygen atoms in total. The Labute approximate surface area is 192 Å². The Morgan fingerprint density at radius 2 is 1.76 bits per heavy atom. The lowest BCUT2D eigenvalue weighted by Gasteiger charge is -2.12. The predicted octanol–water partition coefficient (Wildman–Crippen LogP) is 4.97. The highest BCUT2D eigenvalue weighted by molar-refractivity contribution is 6.20. The van der Waals surface area contributed by atoms with Crippen molar-refractivity contribution in [2.24, 2.45) is 5.73 Å². The molecule has 0 aliphatic rings. The van der Waals surface area contributed by atoms with Gasteiger partial charge in [0.1, 0.15) is 5.75 Å². The summed E-state index contributed by atoms with van der Waals surface area (Å²) in [6.07, 6.45) is 1.76. The largest absolute Gasteiger partial charge is 0.481 e. The molecule has 1 aromatic heterocycles. The van der Waals surface area contributed by atoms with E-state index in [9.17, 15) is 14.7 Å². The summed E-state index contributed by atoms with van der Waals surface area (Å²) in [5, 5.41) is 10.6. The van der Waals surface area contributed by atoms with E-state index >= 15 is 0 Å². The van der Waals surface area contributed by atoms with E-state index in [1.54, 1.807) is 6.07 Å². The van der Waals surface area contributed by atoms with Crippen molar-refractivity contribution in [1.29, 1.82) is 0 Å². The van der Waals surface area contributed by atoms with Crippen LogP contribution in [-0.2, 0) is 17.8 Å². The number of ether oxygens (including phenoxy) is 1. The normalized spacial score (nSPS) is 11.2. The average Bonchev–Trinajstić information content (AvgIpc) is 3.08. The number of primary amides is 1. The number of carboxylic acids is 1. The van der Waals surface area contributed by atoms with Gasteiger partial charge in [-0.1, -0.05) is 37.6 Å². The quantitative estimate of drug-likeness (QED) is 0.401. The van der Waals surface area contributed by atoms with Crippen molar-refractivity contribution in [2.45, 2.75) is 40.2 Å². The lowest BCUT2D eigenvalue weighted by Crippen LogP contribution is -2.12. The Bertz CT molecular complexity index is 1380. The van der Waals surface area contributed by atoms with Crippen molar-refractivity contribution < 1.29 is 19.4 Å². The van der Waals surface area contributed by atoms with Crippen molar-refractivity contribution >= 4 is 33.7 Å². The lowest BCUT2D eigenvalue weighted by molar-refractivity contribution is -0.139. The SMILES string of the molecule is CCCc1cc(OCC(=O)O)c2c3c(C(N)=O)cccc3n(Cc3ccc(C)c(C)c3)c2c1. The topological polar surface area (TPSA) is 94.6 Å². The molecule has 0 saturated heterocycles. The zero-order valence-corrected chi connectivity index (χ0v) is 19.1. The monoisotopic (exact) mass is 444 g/mol. The number of carbonyl (C=O) groups excluding carboxylic acids is 1. The standard InChI is InChI=1S/C27H28N2O4/c1-4-6-18-12-22-26(23(13-18)33-15-24(30)31)25-20(27(28)32)7-5-8-21(25)29(22)14-19-10-9-16(2)17(3)11-19/h5,7-13H,4,6,14-15H2,1-3H3,(H2,28,32)(H,30,31). The number of fused-ring (bicyclic) bond motifs is 3. The molecule has 0 spiro atoms. The summed E-state index contributed by atoms with van der Waals surface area (Å²) in [5.41, 5.74) is 12.5. The van der Waals surface area contributed by atoms with Gasteiger partial charge in [0.25, 0.3) is 0 Å². The molecule has 0 bridgehead atoms. The molecule has 4 rings (SSSR count). The van der Waals surface area contributed by atoms with E-state index in [2.05, 4.69) is 49.6 Å². The van der Waals surface area contributed by atoms with E-state index in [0.29, 0.717) is 28.6 Å². The van der Waals surface area contributed by atoms with Crippen molar-refractivity contribution in [3.63, 3.8) is 0 Å². The van der Waals surface area contributed by atoms with Gasteiger partial charge in [0.05, 0.1) is 16.4 Å². The van der Waals surface area contributed by atoms with Crippen molar-refractivity contribution in [3.05, 3.63) is 76.3 Å². The van der Waals surface area contributed by atoms with Crippen LogP contribution >= 0.6 is 0 Å². The van der Waals surface area contributed by atoms with Gasteiger partial charge in [0.15, 0.2) is 6.61 Å². The van der Waals surface area contributed by atoms with E-state index in [1.165, 1.54) is 11.1 Å². The third-order valence-corrected chi connectivity index (χ3v) is 6.08. The van der Waals surface area contributed by atoms with Gasteiger partial charge in [-0.2, -0.15) is 0 Å². The van der Waals surface area contributed by atoms with Crippen molar-refractivity contribution in [2.75, 3.05) is 6.61 Å².